The summed E-state index contributed by atoms with van der Waals surface area (Å²) in [6.07, 6.45) is 21.6. The van der Waals surface area contributed by atoms with Crippen LogP contribution >= 0.6 is 0 Å². The van der Waals surface area contributed by atoms with Crippen LogP contribution in [0.15, 0.2) is 102 Å². The zero-order valence-corrected chi connectivity index (χ0v) is 59.4. The highest BCUT2D eigenvalue weighted by Crippen LogP contribution is 2.69. The van der Waals surface area contributed by atoms with Crippen molar-refractivity contribution in [2.75, 3.05) is 19.7 Å². The Hall–Kier alpha value is -6.28. The molecule has 7 saturated carbocycles. The van der Waals surface area contributed by atoms with E-state index in [9.17, 15) is 59.1 Å². The number of benzene rings is 2. The zero-order chi connectivity index (χ0) is 70.7. The number of fused-ring (bicyclic) bond motifs is 12. The zero-order valence-electron chi connectivity index (χ0n) is 59.4. The molecule has 2 aromatic carbocycles. The maximum Gasteiger partial charge on any atom is 0.270 e. The van der Waals surface area contributed by atoms with Gasteiger partial charge in [0, 0.05) is 47.2 Å². The summed E-state index contributed by atoms with van der Waals surface area (Å²) in [6.45, 7) is 19.1. The van der Waals surface area contributed by atoms with Crippen molar-refractivity contribution in [1.82, 2.24) is 25.8 Å². The molecule has 1 aromatic heterocycles. The number of hydrogen-bond donors (Lipinski definition) is 9. The largest absolute Gasteiger partial charge is 0.393 e. The van der Waals surface area contributed by atoms with Gasteiger partial charge in [0.2, 0.25) is 17.7 Å². The van der Waals surface area contributed by atoms with Crippen LogP contribution in [0, 0.1) is 74.9 Å². The molecule has 98 heavy (non-hydrogen) atoms. The third-order valence-corrected chi connectivity index (χ3v) is 26.8. The standard InChI is InChI=1S/C38H50N6O5.C22H30O5.C20H30O2/c1-38(2,3)43-37(49)32-20-26-14-7-8-15-27(26)22-44(32)23-33(45)30(19-24-11-5-4-6-12-24)41-36(48)31(21-34(39)46)42-35(47)29-18-17-25-13-9-10-16-28(25)40-29;1-12-8-14-15-5-7-22(27,18(26)11-23)21(15,3)10-17(25)19(14)20(2)6-4-13(24)9-16(12)20;1-18-9-6-14(21)12-13(18)4-5-15-16(18)7-10-19(2)17(15)8-11-20(19,3)22/h4-6,9-13,16-18,26-27,30-33,45H,7-8,14-15,19-23H2,1-3H3,(H2,39,46)(H,41,48)(H,42,47)(H,43,49);4,6,9,12,14-15,17,19,23,25,27H,5,7-8,10-11H2,1-3H3;12,15-17,22H,4-11H2,1-3H3/t26-,27+,30-,31-,32-,33+;12-,14-,15-,17-,19+,20-,21-,22-;15-,16+,17+,18+,19+,20+/m001/s1. The number of aliphatic hydroxyl groups is 5. The molecule has 2 heterocycles. The number of amides is 4. The lowest BCUT2D eigenvalue weighted by molar-refractivity contribution is -0.180. The number of likely N-dealkylation sites (tertiary alicyclic amines) is 1. The number of allylic oxidation sites excluding steroid dienone is 5. The third-order valence-electron chi connectivity index (χ3n) is 26.8. The number of carbonyl (C=O) groups is 7. The summed E-state index contributed by atoms with van der Waals surface area (Å²) >= 11 is 0. The number of hydrogen-bond acceptors (Lipinski definition) is 14. The topological polar surface area (TPSA) is 299 Å². The molecule has 18 heteroatoms. The van der Waals surface area contributed by atoms with Crippen molar-refractivity contribution in [3.8, 4) is 0 Å². The first-order chi connectivity index (χ1) is 46.2. The van der Waals surface area contributed by atoms with Crippen molar-refractivity contribution in [3.63, 3.8) is 0 Å². The second-order valence-corrected chi connectivity index (χ2v) is 33.7. The number of carbonyl (C=O) groups excluding carboxylic acids is 7. The predicted molar refractivity (Wildman–Crippen MR) is 375 cm³/mol. The van der Waals surface area contributed by atoms with Gasteiger partial charge in [-0.05, 0) is 212 Å². The molecule has 18 nitrogen and oxygen atoms in total. The fourth-order valence-electron chi connectivity index (χ4n) is 21.4. The van der Waals surface area contributed by atoms with Crippen molar-refractivity contribution in [2.45, 2.75) is 231 Å². The molecule has 20 atom stereocenters. The van der Waals surface area contributed by atoms with Gasteiger partial charge in [-0.15, -0.1) is 0 Å². The number of β-amino-alcohol motifs (C(OH)–C–C–N with tert-alkyl or cyclic N) is 1. The lowest BCUT2D eigenvalue weighted by Gasteiger charge is -2.60. The number of Topliss-reactive ketones (excluding diaryl/α,β-unsaturated/α-hetero) is 1. The van der Waals surface area contributed by atoms with Crippen LogP contribution in [-0.2, 0) is 35.2 Å². The minimum absolute atomic E-state index is 0.00620. The molecule has 532 valence electrons. The molecule has 0 bridgehead atoms. The Balaban J connectivity index is 0.000000165. The molecule has 10 N–H and O–H groups in total. The molecular weight excluding hydrogens is 1240 g/mol. The van der Waals surface area contributed by atoms with Crippen LogP contribution in [-0.4, -0.2) is 143 Å². The molecule has 0 unspecified atom stereocenters. The Morgan fingerprint density at radius 3 is 2.16 bits per heavy atom. The van der Waals surface area contributed by atoms with Crippen LogP contribution < -0.4 is 21.7 Å². The van der Waals surface area contributed by atoms with Gasteiger partial charge in [-0.25, -0.2) is 4.98 Å². The van der Waals surface area contributed by atoms with Crippen LogP contribution in [0.5, 0.6) is 0 Å². The van der Waals surface area contributed by atoms with E-state index in [1.54, 1.807) is 30.4 Å². The minimum atomic E-state index is -1.57. The fraction of sp³-hybridized carbons (Fsp3) is 0.650. The van der Waals surface area contributed by atoms with Gasteiger partial charge < -0.3 is 47.2 Å². The van der Waals surface area contributed by atoms with Gasteiger partial charge in [0.1, 0.15) is 23.9 Å². The molecule has 0 spiro atoms. The molecular formula is C80H110N6O12. The first-order valence-corrected chi connectivity index (χ1v) is 36.7. The highest BCUT2D eigenvalue weighted by Gasteiger charge is 2.69. The van der Waals surface area contributed by atoms with Crippen LogP contribution in [0.25, 0.3) is 10.9 Å². The Labute approximate surface area is 579 Å². The average Bonchev–Trinajstić information content (AvgIpc) is 1.45. The van der Waals surface area contributed by atoms with Crippen LogP contribution in [0.1, 0.15) is 194 Å². The SMILES string of the molecule is CC(C)(C)NC(=O)[C@@H]1C[C@@H]2CCCC[C@@H]2CN1C[C@@H](O)[C@H](Cc1ccccc1)NC(=O)[C@H](CC(N)=O)NC(=O)c1ccc2ccccc2n1.C[C@H]1C[C@@H]2[C@H]([C@@H](O)C[C@@]3(C)[C@H]2CC[C@]3(O)C(=O)CO)[C@@]2(C)C=CC(=O)C=C12.C[C@]12CCC(=O)C=C1CC[C@@H]1[C@@H]2CC[C@@]2(C)[C@H]1CC[C@]2(C)O. The van der Waals surface area contributed by atoms with Gasteiger partial charge in [-0.2, -0.15) is 0 Å². The molecule has 13 rings (SSSR count). The summed E-state index contributed by atoms with van der Waals surface area (Å²) in [5.74, 6) is 1.23. The summed E-state index contributed by atoms with van der Waals surface area (Å²) in [4.78, 5) is 95.5. The third kappa shape index (κ3) is 14.1. The molecule has 1 aliphatic heterocycles. The second kappa shape index (κ2) is 28.3. The first-order valence-electron chi connectivity index (χ1n) is 36.7. The van der Waals surface area contributed by atoms with Gasteiger partial charge in [0.25, 0.3) is 5.91 Å². The van der Waals surface area contributed by atoms with E-state index >= 15 is 0 Å². The van der Waals surface area contributed by atoms with Gasteiger partial charge in [0.05, 0.1) is 41.8 Å². The van der Waals surface area contributed by atoms with Crippen molar-refractivity contribution < 1.29 is 59.1 Å². The smallest absolute Gasteiger partial charge is 0.270 e. The summed E-state index contributed by atoms with van der Waals surface area (Å²) in [5, 5.41) is 64.2. The number of ketones is 3. The van der Waals surface area contributed by atoms with E-state index in [4.69, 9.17) is 5.73 Å². The molecule has 10 aliphatic rings. The lowest BCUT2D eigenvalue weighted by atomic mass is 9.45. The number of nitrogens with zero attached hydrogens (tertiary/aromatic N) is 2. The van der Waals surface area contributed by atoms with E-state index in [2.05, 4.69) is 60.5 Å². The molecule has 3 aromatic rings. The van der Waals surface area contributed by atoms with Crippen LogP contribution in [0.3, 0.4) is 0 Å². The fourth-order valence-corrected chi connectivity index (χ4v) is 21.4. The Bertz CT molecular complexity index is 3620. The first kappa shape index (κ1) is 73.0. The summed E-state index contributed by atoms with van der Waals surface area (Å²) in [5.41, 5.74) is 6.44. The quantitative estimate of drug-likeness (QED) is 0.0727. The van der Waals surface area contributed by atoms with E-state index in [-0.39, 0.29) is 70.3 Å². The predicted octanol–water partition coefficient (Wildman–Crippen LogP) is 9.17. The van der Waals surface area contributed by atoms with Crippen molar-refractivity contribution in [2.24, 2.45) is 80.7 Å². The summed E-state index contributed by atoms with van der Waals surface area (Å²) in [7, 11) is 0. The second-order valence-electron chi connectivity index (χ2n) is 33.7. The Kier molecular flexibility index (Phi) is 21.0. The van der Waals surface area contributed by atoms with E-state index in [1.807, 2.05) is 88.4 Å². The molecule has 4 amide bonds. The Morgan fingerprint density at radius 1 is 0.765 bits per heavy atom. The number of para-hydroxylation sites is 1. The molecule has 0 radical (unpaired) electrons. The molecule has 8 fully saturated rings. The van der Waals surface area contributed by atoms with E-state index < -0.39 is 89.0 Å². The number of aromatic nitrogens is 1. The van der Waals surface area contributed by atoms with E-state index in [0.29, 0.717) is 48.4 Å². The van der Waals surface area contributed by atoms with E-state index in [1.165, 1.54) is 31.3 Å². The van der Waals surface area contributed by atoms with Crippen molar-refractivity contribution >= 4 is 51.9 Å². The summed E-state index contributed by atoms with van der Waals surface area (Å²) < 4.78 is 0. The van der Waals surface area contributed by atoms with Crippen LogP contribution in [0.4, 0.5) is 0 Å². The lowest BCUT2D eigenvalue weighted by Crippen LogP contribution is -2.62. The monoisotopic (exact) mass is 1350 g/mol. The summed E-state index contributed by atoms with van der Waals surface area (Å²) in [6, 6.07) is 17.6. The average molecular weight is 1350 g/mol. The maximum absolute atomic E-state index is 13.8. The van der Waals surface area contributed by atoms with Crippen molar-refractivity contribution in [1.29, 1.82) is 0 Å². The maximum atomic E-state index is 13.8. The van der Waals surface area contributed by atoms with Crippen LogP contribution in [0.2, 0.25) is 0 Å². The highest BCUT2D eigenvalue weighted by molar-refractivity contribution is 6.01. The van der Waals surface area contributed by atoms with Gasteiger partial charge in [-0.1, -0.05) is 126 Å². The van der Waals surface area contributed by atoms with Crippen molar-refractivity contribution in [3.05, 3.63) is 113 Å². The number of aliphatic hydroxyl groups excluding tert-OH is 3. The number of rotatable bonds is 14. The number of piperidine rings is 1. The number of pyridine rings is 1. The number of primary amides is 1. The minimum Gasteiger partial charge on any atom is -0.393 e. The van der Waals surface area contributed by atoms with E-state index in [0.717, 1.165) is 99.0 Å². The van der Waals surface area contributed by atoms with Gasteiger partial charge >= 0.3 is 0 Å². The normalized spacial score (nSPS) is 37.1. The molecule has 1 saturated heterocycles. The van der Waals surface area contributed by atoms with Gasteiger partial charge in [-0.3, -0.25) is 38.5 Å². The van der Waals surface area contributed by atoms with Gasteiger partial charge in [0.15, 0.2) is 17.3 Å². The number of nitrogens with two attached hydrogens (primary N) is 1. The Morgan fingerprint density at radius 2 is 1.45 bits per heavy atom. The number of nitrogens with one attached hydrogen (secondary N) is 3. The highest BCUT2D eigenvalue weighted by atomic mass is 16.3. The molecule has 9 aliphatic carbocycles.